The molecule has 0 N–H and O–H groups in total. The zero-order valence-corrected chi connectivity index (χ0v) is 18.7. The molecule has 164 valence electrons. The van der Waals surface area contributed by atoms with Crippen LogP contribution in [0.3, 0.4) is 0 Å². The van der Waals surface area contributed by atoms with Gasteiger partial charge < -0.3 is 0 Å². The lowest BCUT2D eigenvalue weighted by Gasteiger charge is -2.09. The molecular weight excluding hydrogens is 436 g/mol. The minimum Gasteiger partial charge on any atom is -0.293 e. The summed E-state index contributed by atoms with van der Waals surface area (Å²) < 4.78 is 28.4. The second kappa shape index (κ2) is 7.11. The van der Waals surface area contributed by atoms with Crippen LogP contribution in [0.25, 0.3) is 38.8 Å². The number of hydrogen-bond donors (Lipinski definition) is 0. The van der Waals surface area contributed by atoms with Gasteiger partial charge in [0, 0.05) is 24.8 Å². The second-order valence-corrected chi connectivity index (χ2v) is 10.6. The van der Waals surface area contributed by atoms with Crippen LogP contribution < -0.4 is 5.69 Å². The van der Waals surface area contributed by atoms with Crippen molar-refractivity contribution in [2.45, 2.75) is 23.0 Å². The summed E-state index contributed by atoms with van der Waals surface area (Å²) >= 11 is 0. The van der Waals surface area contributed by atoms with Crippen molar-refractivity contribution < 1.29 is 8.42 Å². The van der Waals surface area contributed by atoms with Gasteiger partial charge in [0.2, 0.25) is 0 Å². The molecule has 0 unspecified atom stereocenters. The van der Waals surface area contributed by atoms with Crippen molar-refractivity contribution in [2.24, 2.45) is 7.05 Å². The van der Waals surface area contributed by atoms with Crippen LogP contribution in [0.2, 0.25) is 0 Å². The van der Waals surface area contributed by atoms with Gasteiger partial charge in [-0.25, -0.2) is 13.2 Å². The van der Waals surface area contributed by atoms with Crippen molar-refractivity contribution in [3.05, 3.63) is 83.7 Å². The normalized spacial score (nSPS) is 14.2. The molecule has 5 aromatic rings. The maximum absolute atomic E-state index is 13.3. The molecule has 3 aromatic heterocycles. The first-order valence-corrected chi connectivity index (χ1v) is 12.2. The quantitative estimate of drug-likeness (QED) is 0.410. The molecule has 1 aliphatic rings. The smallest absolute Gasteiger partial charge is 0.293 e. The fraction of sp³-hybridized carbons (Fsp3) is 0.160. The van der Waals surface area contributed by atoms with E-state index < -0.39 is 9.84 Å². The highest BCUT2D eigenvalue weighted by Crippen LogP contribution is 2.34. The predicted molar refractivity (Wildman–Crippen MR) is 127 cm³/mol. The lowest BCUT2D eigenvalue weighted by atomic mass is 10.0. The number of aromatic nitrogens is 4. The van der Waals surface area contributed by atoms with Crippen molar-refractivity contribution in [2.75, 3.05) is 0 Å². The number of aryl methyl sites for hydroxylation is 1. The van der Waals surface area contributed by atoms with Crippen LogP contribution in [0.1, 0.15) is 12.8 Å². The monoisotopic (exact) mass is 456 g/mol. The second-order valence-electron chi connectivity index (χ2n) is 8.38. The van der Waals surface area contributed by atoms with Gasteiger partial charge in [0.1, 0.15) is 0 Å². The summed E-state index contributed by atoms with van der Waals surface area (Å²) in [5.74, 6) is 0. The highest BCUT2D eigenvalue weighted by molar-refractivity contribution is 7.92. The highest BCUT2D eigenvalue weighted by Gasteiger charge is 2.36. The van der Waals surface area contributed by atoms with Gasteiger partial charge >= 0.3 is 5.69 Å². The lowest BCUT2D eigenvalue weighted by Crippen LogP contribution is -2.21. The topological polar surface area (TPSA) is 86.9 Å². The summed E-state index contributed by atoms with van der Waals surface area (Å²) in [5.41, 5.74) is 4.62. The number of imidazole rings is 1. The molecule has 2 aromatic carbocycles. The Morgan fingerprint density at radius 3 is 2.36 bits per heavy atom. The van der Waals surface area contributed by atoms with Crippen LogP contribution in [0.15, 0.2) is 82.9 Å². The first-order chi connectivity index (χ1) is 15.9. The number of pyridine rings is 2. The highest BCUT2D eigenvalue weighted by atomic mass is 32.2. The van der Waals surface area contributed by atoms with E-state index in [2.05, 4.69) is 9.97 Å². The molecule has 0 atom stereocenters. The zero-order chi connectivity index (χ0) is 22.7. The summed E-state index contributed by atoms with van der Waals surface area (Å²) in [6.45, 7) is 0. The van der Waals surface area contributed by atoms with E-state index in [9.17, 15) is 13.2 Å². The average Bonchev–Trinajstić information content (AvgIpc) is 3.67. The van der Waals surface area contributed by atoms with Gasteiger partial charge in [-0.3, -0.25) is 19.1 Å². The third kappa shape index (κ3) is 3.09. The maximum Gasteiger partial charge on any atom is 0.333 e. The van der Waals surface area contributed by atoms with E-state index in [0.717, 1.165) is 27.5 Å². The molecule has 0 amide bonds. The first kappa shape index (κ1) is 19.9. The molecule has 1 aliphatic carbocycles. The van der Waals surface area contributed by atoms with Crippen molar-refractivity contribution in [3.63, 3.8) is 0 Å². The Hall–Kier alpha value is -3.78. The lowest BCUT2D eigenvalue weighted by molar-refractivity contribution is 0.595. The molecule has 7 nitrogen and oxygen atoms in total. The fourth-order valence-electron chi connectivity index (χ4n) is 4.32. The van der Waals surface area contributed by atoms with Crippen LogP contribution in [-0.4, -0.2) is 32.8 Å². The minimum absolute atomic E-state index is 0.216. The Morgan fingerprint density at radius 2 is 1.67 bits per heavy atom. The van der Waals surface area contributed by atoms with E-state index in [-0.39, 0.29) is 10.9 Å². The molecule has 0 aliphatic heterocycles. The zero-order valence-electron chi connectivity index (χ0n) is 17.8. The summed E-state index contributed by atoms with van der Waals surface area (Å²) in [6.07, 6.45) is 6.62. The molecule has 6 rings (SSSR count). The van der Waals surface area contributed by atoms with Gasteiger partial charge in [-0.2, -0.15) is 0 Å². The minimum atomic E-state index is -3.29. The van der Waals surface area contributed by atoms with Crippen LogP contribution in [0, 0.1) is 0 Å². The van der Waals surface area contributed by atoms with Crippen LogP contribution >= 0.6 is 0 Å². The molecule has 0 radical (unpaired) electrons. The Balaban J connectivity index is 1.59. The number of benzene rings is 2. The van der Waals surface area contributed by atoms with E-state index in [1.54, 1.807) is 59.0 Å². The van der Waals surface area contributed by atoms with Crippen LogP contribution in [-0.2, 0) is 16.9 Å². The Bertz CT molecular complexity index is 1700. The van der Waals surface area contributed by atoms with Gasteiger partial charge in [0.25, 0.3) is 0 Å². The molecule has 8 heteroatoms. The predicted octanol–water partition coefficient (Wildman–Crippen LogP) is 3.88. The SMILES string of the molecule is Cn1c(=O)n(-c2ccc(S(=O)(=O)C3CC3)cc2)c2c3cc(-c4ccncc4)ccc3ncc21. The number of hydrogen-bond acceptors (Lipinski definition) is 5. The Labute approximate surface area is 189 Å². The number of sulfone groups is 1. The van der Waals surface area contributed by atoms with Crippen molar-refractivity contribution in [1.82, 2.24) is 19.1 Å². The molecule has 3 heterocycles. The number of nitrogens with zero attached hydrogens (tertiary/aromatic N) is 4. The Kier molecular flexibility index (Phi) is 4.28. The summed E-state index contributed by atoms with van der Waals surface area (Å²) in [7, 11) is -1.58. The van der Waals surface area contributed by atoms with Crippen molar-refractivity contribution in [1.29, 1.82) is 0 Å². The molecular formula is C25H20N4O3S. The van der Waals surface area contributed by atoms with Crippen LogP contribution in [0.5, 0.6) is 0 Å². The van der Waals surface area contributed by atoms with Crippen molar-refractivity contribution in [3.8, 4) is 16.8 Å². The van der Waals surface area contributed by atoms with E-state index in [1.165, 1.54) is 0 Å². The van der Waals surface area contributed by atoms with Gasteiger partial charge in [0.15, 0.2) is 9.84 Å². The van der Waals surface area contributed by atoms with E-state index in [0.29, 0.717) is 28.9 Å². The van der Waals surface area contributed by atoms with Gasteiger partial charge in [-0.15, -0.1) is 0 Å². The van der Waals surface area contributed by atoms with Crippen molar-refractivity contribution >= 4 is 31.8 Å². The number of fused-ring (bicyclic) bond motifs is 3. The van der Waals surface area contributed by atoms with Gasteiger partial charge in [-0.05, 0) is 72.5 Å². The summed E-state index contributed by atoms with van der Waals surface area (Å²) in [6, 6.07) is 16.4. The molecule has 0 saturated heterocycles. The van der Waals surface area contributed by atoms with Crippen LogP contribution in [0.4, 0.5) is 0 Å². The van der Waals surface area contributed by atoms with Gasteiger partial charge in [-0.1, -0.05) is 6.07 Å². The molecule has 0 spiro atoms. The Morgan fingerprint density at radius 1 is 0.939 bits per heavy atom. The first-order valence-electron chi connectivity index (χ1n) is 10.7. The molecule has 1 saturated carbocycles. The molecule has 33 heavy (non-hydrogen) atoms. The molecule has 0 bridgehead atoms. The number of rotatable bonds is 4. The van der Waals surface area contributed by atoms with E-state index in [4.69, 9.17) is 0 Å². The van der Waals surface area contributed by atoms with E-state index >= 15 is 0 Å². The standard InChI is InChI=1S/C25H20N4O3S/c1-28-23-15-27-22-9-2-17(16-10-12-26-13-11-16)14-21(22)24(23)29(25(28)30)18-3-5-19(6-4-18)33(31,32)20-7-8-20/h2-6,9-15,20H,7-8H2,1H3. The fourth-order valence-corrected chi connectivity index (χ4v) is 5.97. The average molecular weight is 457 g/mol. The summed E-state index contributed by atoms with van der Waals surface area (Å²) in [5, 5.41) is 0.569. The molecule has 1 fully saturated rings. The maximum atomic E-state index is 13.3. The summed E-state index contributed by atoms with van der Waals surface area (Å²) in [4.78, 5) is 22.2. The third-order valence-electron chi connectivity index (χ3n) is 6.28. The van der Waals surface area contributed by atoms with Gasteiger partial charge in [0.05, 0.1) is 38.6 Å². The third-order valence-corrected chi connectivity index (χ3v) is 8.56. The largest absolute Gasteiger partial charge is 0.333 e. The van der Waals surface area contributed by atoms with E-state index in [1.807, 2.05) is 30.3 Å².